The highest BCUT2D eigenvalue weighted by atomic mass is 79.9. The van der Waals surface area contributed by atoms with Crippen LogP contribution in [-0.2, 0) is 4.74 Å². The Balaban J connectivity index is 2.80. The molecular formula is C10H10BrClFNO2. The summed E-state index contributed by atoms with van der Waals surface area (Å²) in [5.41, 5.74) is 5.11. The molecule has 0 bridgehead atoms. The van der Waals surface area contributed by atoms with Gasteiger partial charge in [0.1, 0.15) is 6.61 Å². The largest absolute Gasteiger partial charge is 0.372 e. The van der Waals surface area contributed by atoms with Crippen LogP contribution in [0.25, 0.3) is 0 Å². The molecule has 0 saturated carbocycles. The smallest absolute Gasteiger partial charge is 0.191 e. The zero-order chi connectivity index (χ0) is 12.1. The first kappa shape index (κ1) is 13.6. The molecule has 1 aromatic rings. The van der Waals surface area contributed by atoms with Gasteiger partial charge in [-0.25, -0.2) is 4.39 Å². The lowest BCUT2D eigenvalue weighted by Crippen LogP contribution is -2.15. The van der Waals surface area contributed by atoms with Crippen molar-refractivity contribution in [3.63, 3.8) is 0 Å². The van der Waals surface area contributed by atoms with E-state index in [-0.39, 0.29) is 23.8 Å². The van der Waals surface area contributed by atoms with Crippen LogP contribution in [0.1, 0.15) is 10.4 Å². The van der Waals surface area contributed by atoms with E-state index < -0.39 is 11.6 Å². The van der Waals surface area contributed by atoms with Gasteiger partial charge in [0.25, 0.3) is 0 Å². The number of nitrogens with two attached hydrogens (primary N) is 1. The van der Waals surface area contributed by atoms with Crippen LogP contribution in [-0.4, -0.2) is 25.5 Å². The summed E-state index contributed by atoms with van der Waals surface area (Å²) >= 11 is 8.72. The number of carbonyl (C=O) groups excluding carboxylic acids is 1. The van der Waals surface area contributed by atoms with Crippen LogP contribution in [0.2, 0.25) is 5.02 Å². The van der Waals surface area contributed by atoms with Crippen LogP contribution in [0.3, 0.4) is 0 Å². The molecule has 0 saturated heterocycles. The lowest BCUT2D eigenvalue weighted by atomic mass is 10.1. The zero-order valence-corrected chi connectivity index (χ0v) is 10.6. The van der Waals surface area contributed by atoms with E-state index in [4.69, 9.17) is 22.1 Å². The van der Waals surface area contributed by atoms with Crippen molar-refractivity contribution in [3.8, 4) is 0 Å². The Morgan fingerprint density at radius 1 is 1.56 bits per heavy atom. The molecule has 1 rings (SSSR count). The maximum absolute atomic E-state index is 13.6. The standard InChI is InChI=1S/C10H10BrClFNO2/c11-7-2-1-6(10(13)9(7)12)8(15)5-16-4-3-14/h1-2H,3-5,14H2. The quantitative estimate of drug-likeness (QED) is 0.516. The highest BCUT2D eigenvalue weighted by Crippen LogP contribution is 2.27. The number of benzene rings is 1. The maximum atomic E-state index is 13.6. The minimum absolute atomic E-state index is 0.0785. The number of Topliss-reactive ketones (excluding diaryl/α,β-unsaturated/α-hetero) is 1. The lowest BCUT2D eigenvalue weighted by molar-refractivity contribution is 0.0770. The molecule has 1 aromatic carbocycles. The molecule has 0 aliphatic rings. The molecule has 88 valence electrons. The Labute approximate surface area is 106 Å². The van der Waals surface area contributed by atoms with Gasteiger partial charge in [-0.3, -0.25) is 4.79 Å². The van der Waals surface area contributed by atoms with E-state index in [1.165, 1.54) is 12.1 Å². The fourth-order valence-electron chi connectivity index (χ4n) is 1.07. The van der Waals surface area contributed by atoms with Crippen LogP contribution >= 0.6 is 27.5 Å². The van der Waals surface area contributed by atoms with Gasteiger partial charge in [0, 0.05) is 11.0 Å². The third-order valence-electron chi connectivity index (χ3n) is 1.83. The molecule has 16 heavy (non-hydrogen) atoms. The first-order valence-electron chi connectivity index (χ1n) is 4.52. The van der Waals surface area contributed by atoms with Crippen molar-refractivity contribution in [3.05, 3.63) is 33.0 Å². The number of hydrogen-bond acceptors (Lipinski definition) is 3. The minimum atomic E-state index is -0.739. The van der Waals surface area contributed by atoms with Crippen LogP contribution in [0.4, 0.5) is 4.39 Å². The van der Waals surface area contributed by atoms with E-state index in [1.54, 1.807) is 0 Å². The molecular weight excluding hydrogens is 300 g/mol. The minimum Gasteiger partial charge on any atom is -0.372 e. The van der Waals surface area contributed by atoms with E-state index >= 15 is 0 Å². The SMILES string of the molecule is NCCOCC(=O)c1ccc(Br)c(Cl)c1F. The van der Waals surface area contributed by atoms with Crippen molar-refractivity contribution >= 4 is 33.3 Å². The summed E-state index contributed by atoms with van der Waals surface area (Å²) in [7, 11) is 0. The number of carbonyl (C=O) groups is 1. The molecule has 0 aliphatic heterocycles. The van der Waals surface area contributed by atoms with E-state index in [9.17, 15) is 9.18 Å². The third-order valence-corrected chi connectivity index (χ3v) is 3.09. The number of ketones is 1. The second-order valence-corrected chi connectivity index (χ2v) is 4.22. The molecule has 0 radical (unpaired) electrons. The van der Waals surface area contributed by atoms with Crippen LogP contribution < -0.4 is 5.73 Å². The molecule has 2 N–H and O–H groups in total. The average Bonchev–Trinajstić information content (AvgIpc) is 2.26. The van der Waals surface area contributed by atoms with Crippen molar-refractivity contribution in [2.45, 2.75) is 0 Å². The summed E-state index contributed by atoms with van der Waals surface area (Å²) in [5, 5.41) is -0.107. The zero-order valence-electron chi connectivity index (χ0n) is 8.30. The van der Waals surface area contributed by atoms with Gasteiger partial charge in [-0.05, 0) is 28.1 Å². The maximum Gasteiger partial charge on any atom is 0.191 e. The molecule has 6 heteroatoms. The summed E-state index contributed by atoms with van der Waals surface area (Å²) in [6.07, 6.45) is 0. The molecule has 0 aliphatic carbocycles. The van der Waals surface area contributed by atoms with Gasteiger partial charge in [-0.2, -0.15) is 0 Å². The van der Waals surface area contributed by atoms with Crippen LogP contribution in [0, 0.1) is 5.82 Å². The Bertz CT molecular complexity index is 401. The lowest BCUT2D eigenvalue weighted by Gasteiger charge is -2.05. The molecule has 0 heterocycles. The fraction of sp³-hybridized carbons (Fsp3) is 0.300. The van der Waals surface area contributed by atoms with Gasteiger partial charge >= 0.3 is 0 Å². The van der Waals surface area contributed by atoms with E-state index in [0.717, 1.165) is 0 Å². The van der Waals surface area contributed by atoms with Gasteiger partial charge < -0.3 is 10.5 Å². The second kappa shape index (κ2) is 6.30. The highest BCUT2D eigenvalue weighted by Gasteiger charge is 2.16. The predicted molar refractivity (Wildman–Crippen MR) is 63.3 cm³/mol. The molecule has 3 nitrogen and oxygen atoms in total. The monoisotopic (exact) mass is 309 g/mol. The van der Waals surface area contributed by atoms with Crippen molar-refractivity contribution in [1.82, 2.24) is 0 Å². The van der Waals surface area contributed by atoms with Crippen LogP contribution in [0.15, 0.2) is 16.6 Å². The van der Waals surface area contributed by atoms with Gasteiger partial charge in [0.15, 0.2) is 11.6 Å². The molecule has 0 aromatic heterocycles. The topological polar surface area (TPSA) is 52.3 Å². The predicted octanol–water partition coefficient (Wildman–Crippen LogP) is 2.40. The molecule has 0 spiro atoms. The Morgan fingerprint density at radius 2 is 2.25 bits per heavy atom. The summed E-state index contributed by atoms with van der Waals surface area (Å²) < 4.78 is 18.9. The number of rotatable bonds is 5. The Kier molecular flexibility index (Phi) is 5.34. The summed E-state index contributed by atoms with van der Waals surface area (Å²) in [6.45, 7) is 0.376. The molecule has 0 atom stereocenters. The molecule has 0 fully saturated rings. The summed E-state index contributed by atoms with van der Waals surface area (Å²) in [4.78, 5) is 11.5. The number of halogens is 3. The molecule has 0 amide bonds. The number of hydrogen-bond donors (Lipinski definition) is 1. The molecule has 0 unspecified atom stereocenters. The van der Waals surface area contributed by atoms with E-state index in [2.05, 4.69) is 15.9 Å². The van der Waals surface area contributed by atoms with Gasteiger partial charge in [-0.15, -0.1) is 0 Å². The normalized spacial score (nSPS) is 10.5. The third kappa shape index (κ3) is 3.25. The second-order valence-electron chi connectivity index (χ2n) is 2.99. The van der Waals surface area contributed by atoms with Crippen LogP contribution in [0.5, 0.6) is 0 Å². The summed E-state index contributed by atoms with van der Waals surface area (Å²) in [5.74, 6) is -1.20. The van der Waals surface area contributed by atoms with E-state index in [1.807, 2.05) is 0 Å². The van der Waals surface area contributed by atoms with Crippen molar-refractivity contribution in [2.24, 2.45) is 5.73 Å². The van der Waals surface area contributed by atoms with Gasteiger partial charge in [-0.1, -0.05) is 11.6 Å². The number of ether oxygens (including phenoxy) is 1. The van der Waals surface area contributed by atoms with Gasteiger partial charge in [0.05, 0.1) is 17.2 Å². The summed E-state index contributed by atoms with van der Waals surface area (Å²) in [6, 6.07) is 2.88. The van der Waals surface area contributed by atoms with Gasteiger partial charge in [0.2, 0.25) is 0 Å². The van der Waals surface area contributed by atoms with Crippen molar-refractivity contribution < 1.29 is 13.9 Å². The first-order chi connectivity index (χ1) is 7.57. The Hall–Kier alpha value is -0.490. The van der Waals surface area contributed by atoms with Crippen molar-refractivity contribution in [1.29, 1.82) is 0 Å². The highest BCUT2D eigenvalue weighted by molar-refractivity contribution is 9.10. The Morgan fingerprint density at radius 3 is 2.88 bits per heavy atom. The van der Waals surface area contributed by atoms with Crippen molar-refractivity contribution in [2.75, 3.05) is 19.8 Å². The average molecular weight is 311 g/mol. The fourth-order valence-corrected chi connectivity index (χ4v) is 1.54. The first-order valence-corrected chi connectivity index (χ1v) is 5.69. The van der Waals surface area contributed by atoms with E-state index in [0.29, 0.717) is 11.0 Å².